The Morgan fingerprint density at radius 3 is 2.48 bits per heavy atom. The average molecular weight is 365 g/mol. The van der Waals surface area contributed by atoms with Crippen LogP contribution < -0.4 is 5.56 Å². The first kappa shape index (κ1) is 18.1. The Morgan fingerprint density at radius 2 is 1.88 bits per heavy atom. The third-order valence-electron chi connectivity index (χ3n) is 4.79. The van der Waals surface area contributed by atoms with E-state index in [0.29, 0.717) is 11.3 Å². The highest BCUT2D eigenvalue weighted by atomic mass is 35.5. The van der Waals surface area contributed by atoms with Crippen LogP contribution in [0.15, 0.2) is 28.7 Å². The van der Waals surface area contributed by atoms with Crippen LogP contribution in [0.1, 0.15) is 39.0 Å². The molecule has 1 saturated heterocycles. The zero-order chi connectivity index (χ0) is 18.6. The van der Waals surface area contributed by atoms with Crippen LogP contribution in [0.25, 0.3) is 11.7 Å². The van der Waals surface area contributed by atoms with Crippen molar-refractivity contribution in [3.8, 4) is 0 Å². The van der Waals surface area contributed by atoms with Gasteiger partial charge in [0.05, 0.1) is 16.8 Å². The predicted molar refractivity (Wildman–Crippen MR) is 96.4 cm³/mol. The molecule has 0 atom stereocenters. The van der Waals surface area contributed by atoms with Crippen LogP contribution in [-0.2, 0) is 9.31 Å². The summed E-state index contributed by atoms with van der Waals surface area (Å²) >= 11 is 6.11. The standard InChI is InChI=1S/C17H19BClFN2O3/c1-10-7-6-8-13-21-14(19)11(15(23)22(10)13)9-12(20)18-24-16(2,3)17(4,5)25-18/h6-9H,1-5H3. The largest absolute Gasteiger partial charge is 0.525 e. The number of nitrogens with zero attached hydrogens (tertiary/aromatic N) is 2. The average Bonchev–Trinajstić information content (AvgIpc) is 2.71. The summed E-state index contributed by atoms with van der Waals surface area (Å²) in [5, 5.41) is -0.0673. The van der Waals surface area contributed by atoms with E-state index in [1.54, 1.807) is 25.1 Å². The van der Waals surface area contributed by atoms with Crippen molar-refractivity contribution in [2.45, 2.75) is 45.8 Å². The van der Waals surface area contributed by atoms with Crippen LogP contribution >= 0.6 is 11.6 Å². The molecule has 3 heterocycles. The molecule has 1 aliphatic rings. The SMILES string of the molecule is Cc1cccc2nc(Cl)c(C=C(F)B3OC(C)(C)C(C)(C)O3)c(=O)n12. The molecule has 0 aliphatic carbocycles. The molecule has 0 amide bonds. The number of aromatic nitrogens is 2. The highest BCUT2D eigenvalue weighted by Gasteiger charge is 2.53. The number of fused-ring (bicyclic) bond motifs is 1. The molecular formula is C17H19BClFN2O3. The normalized spacial score (nSPS) is 19.6. The summed E-state index contributed by atoms with van der Waals surface area (Å²) in [4.78, 5) is 16.9. The lowest BCUT2D eigenvalue weighted by Gasteiger charge is -2.32. The van der Waals surface area contributed by atoms with Gasteiger partial charge in [0, 0.05) is 5.69 Å². The number of aryl methyl sites for hydroxylation is 1. The third kappa shape index (κ3) is 3.01. The maximum atomic E-state index is 14.7. The maximum absolute atomic E-state index is 14.7. The summed E-state index contributed by atoms with van der Waals surface area (Å²) in [6.45, 7) is 9.06. The molecule has 1 aliphatic heterocycles. The molecule has 132 valence electrons. The molecule has 5 nitrogen and oxygen atoms in total. The summed E-state index contributed by atoms with van der Waals surface area (Å²) in [7, 11) is -1.20. The Labute approximate surface area is 150 Å². The van der Waals surface area contributed by atoms with Crippen LogP contribution in [0.2, 0.25) is 5.15 Å². The first-order chi connectivity index (χ1) is 11.5. The molecule has 2 aromatic rings. The monoisotopic (exact) mass is 364 g/mol. The van der Waals surface area contributed by atoms with Crippen LogP contribution in [0.5, 0.6) is 0 Å². The van der Waals surface area contributed by atoms with Crippen molar-refractivity contribution in [1.29, 1.82) is 0 Å². The van der Waals surface area contributed by atoms with Crippen LogP contribution in [0.4, 0.5) is 4.39 Å². The van der Waals surface area contributed by atoms with Crippen molar-refractivity contribution in [3.05, 3.63) is 50.7 Å². The van der Waals surface area contributed by atoms with Crippen molar-refractivity contribution in [1.82, 2.24) is 9.38 Å². The van der Waals surface area contributed by atoms with Gasteiger partial charge in [0.1, 0.15) is 16.5 Å². The Balaban J connectivity index is 2.07. The van der Waals surface area contributed by atoms with Crippen LogP contribution in [0.3, 0.4) is 0 Å². The van der Waals surface area contributed by atoms with E-state index in [4.69, 9.17) is 20.9 Å². The minimum atomic E-state index is -1.20. The van der Waals surface area contributed by atoms with E-state index in [0.717, 1.165) is 6.08 Å². The summed E-state index contributed by atoms with van der Waals surface area (Å²) in [6, 6.07) is 5.20. The van der Waals surface area contributed by atoms with Gasteiger partial charge in [0.25, 0.3) is 5.56 Å². The van der Waals surface area contributed by atoms with E-state index in [1.165, 1.54) is 4.40 Å². The minimum absolute atomic E-state index is 0.0410. The van der Waals surface area contributed by atoms with Crippen LogP contribution in [-0.4, -0.2) is 27.7 Å². The number of hydrogen-bond donors (Lipinski definition) is 0. The molecule has 0 N–H and O–H groups in total. The molecule has 0 radical (unpaired) electrons. The Bertz CT molecular complexity index is 923. The molecule has 0 spiro atoms. The Hall–Kier alpha value is -1.70. The van der Waals surface area contributed by atoms with Crippen molar-refractivity contribution in [2.75, 3.05) is 0 Å². The summed E-state index contributed by atoms with van der Waals surface area (Å²) < 4.78 is 27.4. The zero-order valence-corrected chi connectivity index (χ0v) is 15.5. The van der Waals surface area contributed by atoms with E-state index in [-0.39, 0.29) is 10.7 Å². The molecule has 8 heteroatoms. The van der Waals surface area contributed by atoms with Gasteiger partial charge in [0.15, 0.2) is 0 Å². The van der Waals surface area contributed by atoms with Crippen molar-refractivity contribution < 1.29 is 13.7 Å². The molecule has 0 aromatic carbocycles. The number of halogens is 2. The lowest BCUT2D eigenvalue weighted by Crippen LogP contribution is -2.41. The quantitative estimate of drug-likeness (QED) is 0.603. The van der Waals surface area contributed by atoms with Gasteiger partial charge in [-0.3, -0.25) is 9.20 Å². The second-order valence-electron chi connectivity index (χ2n) is 7.10. The summed E-state index contributed by atoms with van der Waals surface area (Å²) in [5.74, 6) is 0. The number of hydrogen-bond acceptors (Lipinski definition) is 4. The number of pyridine rings is 1. The molecule has 25 heavy (non-hydrogen) atoms. The smallest absolute Gasteiger partial charge is 0.398 e. The molecular weight excluding hydrogens is 345 g/mol. The lowest BCUT2D eigenvalue weighted by molar-refractivity contribution is 0.00578. The molecule has 0 saturated carbocycles. The van der Waals surface area contributed by atoms with Crippen molar-refractivity contribution in [2.24, 2.45) is 0 Å². The molecule has 2 aromatic heterocycles. The van der Waals surface area contributed by atoms with Gasteiger partial charge in [-0.1, -0.05) is 17.7 Å². The highest BCUT2D eigenvalue weighted by Crippen LogP contribution is 2.39. The fourth-order valence-electron chi connectivity index (χ4n) is 2.61. The van der Waals surface area contributed by atoms with E-state index in [2.05, 4.69) is 4.98 Å². The Kier molecular flexibility index (Phi) is 4.30. The Morgan fingerprint density at radius 1 is 1.28 bits per heavy atom. The lowest BCUT2D eigenvalue weighted by atomic mass is 9.87. The van der Waals surface area contributed by atoms with E-state index >= 15 is 0 Å². The van der Waals surface area contributed by atoms with Gasteiger partial charge in [-0.05, 0) is 52.8 Å². The summed E-state index contributed by atoms with van der Waals surface area (Å²) in [6.07, 6.45) is 1.04. The van der Waals surface area contributed by atoms with Gasteiger partial charge >= 0.3 is 7.12 Å². The molecule has 3 rings (SSSR count). The van der Waals surface area contributed by atoms with E-state index in [9.17, 15) is 9.18 Å². The second kappa shape index (κ2) is 5.93. The fraction of sp³-hybridized carbons (Fsp3) is 0.412. The molecule has 1 fully saturated rings. The minimum Gasteiger partial charge on any atom is -0.398 e. The van der Waals surface area contributed by atoms with Gasteiger partial charge < -0.3 is 9.31 Å². The highest BCUT2D eigenvalue weighted by molar-refractivity contribution is 6.54. The van der Waals surface area contributed by atoms with Gasteiger partial charge in [-0.25, -0.2) is 9.37 Å². The molecule has 0 bridgehead atoms. The van der Waals surface area contributed by atoms with E-state index < -0.39 is 29.6 Å². The first-order valence-electron chi connectivity index (χ1n) is 7.94. The topological polar surface area (TPSA) is 52.8 Å². The zero-order valence-electron chi connectivity index (χ0n) is 14.8. The first-order valence-corrected chi connectivity index (χ1v) is 8.32. The predicted octanol–water partition coefficient (Wildman–Crippen LogP) is 3.60. The van der Waals surface area contributed by atoms with Gasteiger partial charge in [-0.2, -0.15) is 0 Å². The van der Waals surface area contributed by atoms with E-state index in [1.807, 2.05) is 27.7 Å². The van der Waals surface area contributed by atoms with Crippen molar-refractivity contribution in [3.63, 3.8) is 0 Å². The number of rotatable bonds is 2. The molecule has 0 unspecified atom stereocenters. The van der Waals surface area contributed by atoms with Gasteiger partial charge in [-0.15, -0.1) is 0 Å². The van der Waals surface area contributed by atoms with Crippen LogP contribution in [0, 0.1) is 6.92 Å². The fourth-order valence-corrected chi connectivity index (χ4v) is 2.83. The third-order valence-corrected chi connectivity index (χ3v) is 5.08. The maximum Gasteiger partial charge on any atom is 0.525 e. The second-order valence-corrected chi connectivity index (χ2v) is 7.46. The van der Waals surface area contributed by atoms with Gasteiger partial charge in [0.2, 0.25) is 0 Å². The summed E-state index contributed by atoms with van der Waals surface area (Å²) in [5.41, 5.74) is -1.49. The van der Waals surface area contributed by atoms with Crippen molar-refractivity contribution >= 4 is 30.4 Å².